The van der Waals surface area contributed by atoms with Crippen molar-refractivity contribution in [2.75, 3.05) is 5.73 Å². The van der Waals surface area contributed by atoms with Gasteiger partial charge in [0.2, 0.25) is 0 Å². The zero-order chi connectivity index (χ0) is 10.8. The van der Waals surface area contributed by atoms with E-state index in [2.05, 4.69) is 4.98 Å². The highest BCUT2D eigenvalue weighted by molar-refractivity contribution is 5.56. The van der Waals surface area contributed by atoms with Crippen LogP contribution in [-0.2, 0) is 0 Å². The third-order valence-electron chi connectivity index (χ3n) is 2.05. The first kappa shape index (κ1) is 9.09. The van der Waals surface area contributed by atoms with Gasteiger partial charge in [0.1, 0.15) is 6.07 Å². The Hall–Kier alpha value is -2.48. The van der Waals surface area contributed by atoms with E-state index < -0.39 is 0 Å². The van der Waals surface area contributed by atoms with Gasteiger partial charge in [-0.15, -0.1) is 0 Å². The fraction of sp³-hybridized carbons (Fsp3) is 0. The van der Waals surface area contributed by atoms with Crippen LogP contribution in [0.15, 0.2) is 35.4 Å². The lowest BCUT2D eigenvalue weighted by molar-refractivity contribution is 0.983. The van der Waals surface area contributed by atoms with Gasteiger partial charge in [0.05, 0.1) is 11.3 Å². The van der Waals surface area contributed by atoms with Gasteiger partial charge >= 0.3 is 5.69 Å². The lowest BCUT2D eigenvalue weighted by Crippen LogP contribution is -2.15. The summed E-state index contributed by atoms with van der Waals surface area (Å²) in [7, 11) is 0. The van der Waals surface area contributed by atoms with Crippen molar-refractivity contribution in [3.63, 3.8) is 0 Å². The monoisotopic (exact) mass is 200 g/mol. The molecule has 0 saturated heterocycles. The van der Waals surface area contributed by atoms with Crippen LogP contribution in [0.1, 0.15) is 5.56 Å². The number of nitrogen functional groups attached to an aromatic ring is 1. The standard InChI is InChI=1S/C10H8N4O/c11-6-7-5-8(12)1-2-9(7)14-4-3-13-10(14)15/h1-5H,12H2,(H,13,15). The number of rotatable bonds is 1. The number of aromatic amines is 1. The Labute approximate surface area is 85.4 Å². The van der Waals surface area contributed by atoms with Crippen molar-refractivity contribution in [2.45, 2.75) is 0 Å². The van der Waals surface area contributed by atoms with Gasteiger partial charge < -0.3 is 10.7 Å². The number of imidazole rings is 1. The number of nitrogens with zero attached hydrogens (tertiary/aromatic N) is 2. The molecule has 0 fully saturated rings. The molecule has 5 nitrogen and oxygen atoms in total. The summed E-state index contributed by atoms with van der Waals surface area (Å²) in [5, 5.41) is 8.90. The van der Waals surface area contributed by atoms with Crippen LogP contribution in [0.4, 0.5) is 5.69 Å². The van der Waals surface area contributed by atoms with Gasteiger partial charge in [-0.05, 0) is 18.2 Å². The molecule has 0 aliphatic heterocycles. The summed E-state index contributed by atoms with van der Waals surface area (Å²) in [6, 6.07) is 6.83. The van der Waals surface area contributed by atoms with Crippen LogP contribution in [0, 0.1) is 11.3 Å². The Kier molecular flexibility index (Phi) is 2.03. The molecule has 0 amide bonds. The molecule has 74 valence electrons. The minimum Gasteiger partial charge on any atom is -0.399 e. The third kappa shape index (κ3) is 1.48. The molecule has 2 rings (SSSR count). The number of anilines is 1. The number of hydrogen-bond donors (Lipinski definition) is 2. The number of nitriles is 1. The van der Waals surface area contributed by atoms with Crippen molar-refractivity contribution in [1.29, 1.82) is 5.26 Å². The van der Waals surface area contributed by atoms with Gasteiger partial charge in [-0.3, -0.25) is 4.57 Å². The molecule has 3 N–H and O–H groups in total. The maximum Gasteiger partial charge on any atom is 0.330 e. The van der Waals surface area contributed by atoms with E-state index in [4.69, 9.17) is 11.0 Å². The van der Waals surface area contributed by atoms with Crippen LogP contribution in [0.5, 0.6) is 0 Å². The summed E-state index contributed by atoms with van der Waals surface area (Å²) in [6.45, 7) is 0. The Morgan fingerprint density at radius 2 is 2.27 bits per heavy atom. The van der Waals surface area contributed by atoms with Gasteiger partial charge in [0.15, 0.2) is 0 Å². The van der Waals surface area contributed by atoms with Crippen LogP contribution in [-0.4, -0.2) is 9.55 Å². The molecule has 5 heteroatoms. The number of H-pyrrole nitrogens is 1. The number of benzene rings is 1. The van der Waals surface area contributed by atoms with E-state index in [0.717, 1.165) is 0 Å². The van der Waals surface area contributed by atoms with Gasteiger partial charge in [-0.1, -0.05) is 0 Å². The highest BCUT2D eigenvalue weighted by atomic mass is 16.1. The maximum absolute atomic E-state index is 11.3. The van der Waals surface area contributed by atoms with E-state index in [1.165, 1.54) is 16.8 Å². The van der Waals surface area contributed by atoms with Gasteiger partial charge in [-0.25, -0.2) is 4.79 Å². The normalized spacial score (nSPS) is 9.80. The zero-order valence-corrected chi connectivity index (χ0v) is 7.77. The minimum atomic E-state index is -0.281. The summed E-state index contributed by atoms with van der Waals surface area (Å²) < 4.78 is 1.36. The molecule has 1 aromatic heterocycles. The molecule has 15 heavy (non-hydrogen) atoms. The zero-order valence-electron chi connectivity index (χ0n) is 7.77. The Bertz CT molecular complexity index is 588. The van der Waals surface area contributed by atoms with Crippen molar-refractivity contribution in [3.05, 3.63) is 46.6 Å². The highest BCUT2D eigenvalue weighted by Crippen LogP contribution is 2.15. The lowest BCUT2D eigenvalue weighted by Gasteiger charge is -2.03. The third-order valence-corrected chi connectivity index (χ3v) is 2.05. The quantitative estimate of drug-likeness (QED) is 0.661. The molecule has 0 spiro atoms. The summed E-state index contributed by atoms with van der Waals surface area (Å²) in [5.74, 6) is 0. The number of nitrogens with two attached hydrogens (primary N) is 1. The Morgan fingerprint density at radius 1 is 1.47 bits per heavy atom. The predicted molar refractivity (Wildman–Crippen MR) is 55.5 cm³/mol. The molecule has 1 aromatic carbocycles. The van der Waals surface area contributed by atoms with E-state index in [9.17, 15) is 4.79 Å². The molecule has 1 heterocycles. The minimum absolute atomic E-state index is 0.281. The number of aromatic nitrogens is 2. The first-order valence-corrected chi connectivity index (χ1v) is 4.28. The van der Waals surface area contributed by atoms with Crippen LogP contribution >= 0.6 is 0 Å². The Balaban J connectivity index is 2.70. The second-order valence-electron chi connectivity index (χ2n) is 3.02. The molecule has 0 aliphatic rings. The number of hydrogen-bond acceptors (Lipinski definition) is 3. The molecule has 0 aliphatic carbocycles. The summed E-state index contributed by atoms with van der Waals surface area (Å²) in [6.07, 6.45) is 3.08. The second kappa shape index (κ2) is 3.35. The second-order valence-corrected chi connectivity index (χ2v) is 3.02. The van der Waals surface area contributed by atoms with Gasteiger partial charge in [0.25, 0.3) is 0 Å². The van der Waals surface area contributed by atoms with E-state index >= 15 is 0 Å². The average Bonchev–Trinajstić information content (AvgIpc) is 2.64. The van der Waals surface area contributed by atoms with Crippen molar-refractivity contribution in [3.8, 4) is 11.8 Å². The fourth-order valence-corrected chi connectivity index (χ4v) is 1.36. The lowest BCUT2D eigenvalue weighted by atomic mass is 10.1. The van der Waals surface area contributed by atoms with E-state index in [0.29, 0.717) is 16.9 Å². The molecule has 0 unspecified atom stereocenters. The smallest absolute Gasteiger partial charge is 0.330 e. The molecular weight excluding hydrogens is 192 g/mol. The predicted octanol–water partition coefficient (Wildman–Crippen LogP) is 0.619. The highest BCUT2D eigenvalue weighted by Gasteiger charge is 2.06. The first-order valence-electron chi connectivity index (χ1n) is 4.28. The van der Waals surface area contributed by atoms with E-state index in [1.807, 2.05) is 6.07 Å². The Morgan fingerprint density at radius 3 is 2.87 bits per heavy atom. The number of nitrogens with one attached hydrogen (secondary N) is 1. The topological polar surface area (TPSA) is 87.6 Å². The molecule has 2 aromatic rings. The fourth-order valence-electron chi connectivity index (χ4n) is 1.36. The molecule has 0 saturated carbocycles. The van der Waals surface area contributed by atoms with Crippen LogP contribution in [0.2, 0.25) is 0 Å². The molecule has 0 atom stereocenters. The largest absolute Gasteiger partial charge is 0.399 e. The molecule has 0 bridgehead atoms. The molecular formula is C10H8N4O. The summed E-state index contributed by atoms with van der Waals surface area (Å²) >= 11 is 0. The van der Waals surface area contributed by atoms with Crippen LogP contribution in [0.25, 0.3) is 5.69 Å². The van der Waals surface area contributed by atoms with Crippen molar-refractivity contribution < 1.29 is 0 Å². The maximum atomic E-state index is 11.3. The van der Waals surface area contributed by atoms with Crippen molar-refractivity contribution in [1.82, 2.24) is 9.55 Å². The first-order chi connectivity index (χ1) is 7.22. The van der Waals surface area contributed by atoms with E-state index in [-0.39, 0.29) is 5.69 Å². The average molecular weight is 200 g/mol. The van der Waals surface area contributed by atoms with Crippen LogP contribution in [0.3, 0.4) is 0 Å². The summed E-state index contributed by atoms with van der Waals surface area (Å²) in [5.41, 5.74) is 6.66. The van der Waals surface area contributed by atoms with Gasteiger partial charge in [0, 0.05) is 18.1 Å². The SMILES string of the molecule is N#Cc1cc(N)ccc1-n1cc[nH]c1=O. The van der Waals surface area contributed by atoms with Crippen LogP contribution < -0.4 is 11.4 Å². The summed E-state index contributed by atoms with van der Waals surface area (Å²) in [4.78, 5) is 13.8. The van der Waals surface area contributed by atoms with E-state index in [1.54, 1.807) is 18.3 Å². The van der Waals surface area contributed by atoms with Crippen molar-refractivity contribution >= 4 is 5.69 Å². The molecule has 0 radical (unpaired) electrons. The van der Waals surface area contributed by atoms with Crippen molar-refractivity contribution in [2.24, 2.45) is 0 Å². The van der Waals surface area contributed by atoms with Gasteiger partial charge in [-0.2, -0.15) is 5.26 Å².